The van der Waals surface area contributed by atoms with E-state index in [1.807, 2.05) is 12.1 Å². The molecule has 0 unspecified atom stereocenters. The molecule has 0 aliphatic carbocycles. The molecule has 0 fully saturated rings. The van der Waals surface area contributed by atoms with Crippen LogP contribution in [0.1, 0.15) is 24.6 Å². The molecule has 0 saturated heterocycles. The second-order valence-corrected chi connectivity index (χ2v) is 4.94. The van der Waals surface area contributed by atoms with Crippen molar-refractivity contribution in [1.82, 2.24) is 4.98 Å². The largest absolute Gasteiger partial charge is 0.323 e. The molecule has 1 aromatic carbocycles. The van der Waals surface area contributed by atoms with Crippen LogP contribution in [-0.2, 0) is 6.42 Å². The molecule has 0 atom stereocenters. The predicted molar refractivity (Wildman–Crippen MR) is 76.0 cm³/mol. The van der Waals surface area contributed by atoms with E-state index < -0.39 is 0 Å². The number of halogens is 1. The van der Waals surface area contributed by atoms with E-state index in [1.165, 1.54) is 5.56 Å². The van der Waals surface area contributed by atoms with Crippen molar-refractivity contribution in [2.45, 2.75) is 26.7 Å². The Labute approximate surface area is 110 Å². The molecular weight excluding hydrogens is 278 g/mol. The van der Waals surface area contributed by atoms with Gasteiger partial charge in [-0.15, -0.1) is 0 Å². The third-order valence-corrected chi connectivity index (χ3v) is 3.83. The van der Waals surface area contributed by atoms with Crippen molar-refractivity contribution in [2.75, 3.05) is 5.43 Å². The van der Waals surface area contributed by atoms with Gasteiger partial charge in [0.1, 0.15) is 0 Å². The third kappa shape index (κ3) is 2.28. The topological polar surface area (TPSA) is 50.9 Å². The number of hydrogen-bond donors (Lipinski definition) is 2. The number of rotatable bonds is 3. The average molecular weight is 294 g/mol. The monoisotopic (exact) mass is 293 g/mol. The van der Waals surface area contributed by atoms with Gasteiger partial charge in [-0.3, -0.25) is 10.8 Å². The van der Waals surface area contributed by atoms with Crippen molar-refractivity contribution in [3.8, 4) is 0 Å². The first-order valence-corrected chi connectivity index (χ1v) is 6.52. The molecule has 17 heavy (non-hydrogen) atoms. The Morgan fingerprint density at radius 3 is 2.82 bits per heavy atom. The number of fused-ring (bicyclic) bond motifs is 1. The second-order valence-electron chi connectivity index (χ2n) is 4.15. The van der Waals surface area contributed by atoms with E-state index in [9.17, 15) is 0 Å². The fraction of sp³-hybridized carbons (Fsp3) is 0.308. The highest BCUT2D eigenvalue weighted by Gasteiger charge is 2.09. The molecular formula is C13H16BrN3. The van der Waals surface area contributed by atoms with E-state index >= 15 is 0 Å². The van der Waals surface area contributed by atoms with Gasteiger partial charge in [0, 0.05) is 15.6 Å². The molecule has 4 heteroatoms. The Bertz CT molecular complexity index is 552. The van der Waals surface area contributed by atoms with Crippen LogP contribution in [0, 0.1) is 6.92 Å². The summed E-state index contributed by atoms with van der Waals surface area (Å²) in [5, 5.41) is 1.05. The molecule has 0 bridgehead atoms. The number of hydrazine groups is 1. The van der Waals surface area contributed by atoms with Crippen LogP contribution in [-0.4, -0.2) is 4.98 Å². The smallest absolute Gasteiger partial charge is 0.0871 e. The van der Waals surface area contributed by atoms with Gasteiger partial charge in [-0.1, -0.05) is 25.5 Å². The maximum Gasteiger partial charge on any atom is 0.0871 e. The lowest BCUT2D eigenvalue weighted by atomic mass is 10.1. The number of nitrogen functional groups attached to an aromatic ring is 1. The molecule has 0 amide bonds. The van der Waals surface area contributed by atoms with E-state index in [-0.39, 0.29) is 0 Å². The lowest BCUT2D eigenvalue weighted by molar-refractivity contribution is 0.889. The van der Waals surface area contributed by atoms with Gasteiger partial charge in [0.15, 0.2) is 0 Å². The fourth-order valence-electron chi connectivity index (χ4n) is 1.92. The summed E-state index contributed by atoms with van der Waals surface area (Å²) in [4.78, 5) is 4.69. The molecule has 1 heterocycles. The van der Waals surface area contributed by atoms with Gasteiger partial charge in [0.2, 0.25) is 0 Å². The summed E-state index contributed by atoms with van der Waals surface area (Å²) < 4.78 is 1.05. The number of nitrogens with one attached hydrogen (secondary N) is 1. The van der Waals surface area contributed by atoms with Crippen LogP contribution in [0.4, 0.5) is 5.69 Å². The summed E-state index contributed by atoms with van der Waals surface area (Å²) in [6.45, 7) is 4.21. The van der Waals surface area contributed by atoms with Gasteiger partial charge in [0.25, 0.3) is 0 Å². The van der Waals surface area contributed by atoms with Crippen LogP contribution in [0.3, 0.4) is 0 Å². The molecule has 3 N–H and O–H groups in total. The Balaban J connectivity index is 2.73. The van der Waals surface area contributed by atoms with Crippen LogP contribution in [0.5, 0.6) is 0 Å². The standard InChI is InChI=1S/C13H16BrN3/c1-3-4-9-7-11(17-15)10-6-5-8(2)12(14)13(10)16-9/h5-7H,3-4,15H2,1-2H3,(H,16,17). The van der Waals surface area contributed by atoms with Crippen molar-refractivity contribution < 1.29 is 0 Å². The number of nitrogens with two attached hydrogens (primary N) is 1. The van der Waals surface area contributed by atoms with E-state index in [2.05, 4.69) is 41.3 Å². The Kier molecular flexibility index (Phi) is 3.64. The van der Waals surface area contributed by atoms with Crippen LogP contribution < -0.4 is 11.3 Å². The zero-order chi connectivity index (χ0) is 12.4. The molecule has 0 aliphatic heterocycles. The Hall–Kier alpha value is -1.13. The number of pyridine rings is 1. The van der Waals surface area contributed by atoms with E-state index in [4.69, 9.17) is 10.8 Å². The first-order chi connectivity index (χ1) is 8.17. The number of aryl methyl sites for hydroxylation is 2. The van der Waals surface area contributed by atoms with Crippen molar-refractivity contribution in [3.63, 3.8) is 0 Å². The summed E-state index contributed by atoms with van der Waals surface area (Å²) in [6.07, 6.45) is 2.04. The molecule has 90 valence electrons. The van der Waals surface area contributed by atoms with Crippen molar-refractivity contribution in [1.29, 1.82) is 0 Å². The average Bonchev–Trinajstić information content (AvgIpc) is 2.34. The normalized spacial score (nSPS) is 10.8. The van der Waals surface area contributed by atoms with Crippen LogP contribution >= 0.6 is 15.9 Å². The van der Waals surface area contributed by atoms with Crippen LogP contribution in [0.25, 0.3) is 10.9 Å². The molecule has 3 nitrogen and oxygen atoms in total. The number of nitrogens with zero attached hydrogens (tertiary/aromatic N) is 1. The molecule has 0 spiro atoms. The summed E-state index contributed by atoms with van der Waals surface area (Å²) >= 11 is 3.60. The predicted octanol–water partition coefficient (Wildman–Crippen LogP) is 3.54. The highest BCUT2D eigenvalue weighted by Crippen LogP contribution is 2.31. The van der Waals surface area contributed by atoms with Gasteiger partial charge in [-0.05, 0) is 40.9 Å². The minimum absolute atomic E-state index is 0.930. The van der Waals surface area contributed by atoms with Gasteiger partial charge >= 0.3 is 0 Å². The fourth-order valence-corrected chi connectivity index (χ4v) is 2.35. The molecule has 2 rings (SSSR count). The minimum atomic E-state index is 0.930. The summed E-state index contributed by atoms with van der Waals surface area (Å²) in [5.74, 6) is 5.58. The maximum absolute atomic E-state index is 5.58. The highest BCUT2D eigenvalue weighted by molar-refractivity contribution is 9.10. The minimum Gasteiger partial charge on any atom is -0.323 e. The summed E-state index contributed by atoms with van der Waals surface area (Å²) in [7, 11) is 0. The molecule has 1 aromatic heterocycles. The van der Waals surface area contributed by atoms with Gasteiger partial charge < -0.3 is 5.43 Å². The van der Waals surface area contributed by atoms with E-state index in [1.54, 1.807) is 0 Å². The Morgan fingerprint density at radius 2 is 2.18 bits per heavy atom. The number of hydrogen-bond acceptors (Lipinski definition) is 3. The van der Waals surface area contributed by atoms with Gasteiger partial charge in [-0.25, -0.2) is 0 Å². The molecule has 0 aliphatic rings. The number of anilines is 1. The van der Waals surface area contributed by atoms with Crippen molar-refractivity contribution in [3.05, 3.63) is 33.9 Å². The van der Waals surface area contributed by atoms with Crippen molar-refractivity contribution >= 4 is 32.5 Å². The quantitative estimate of drug-likeness (QED) is 0.672. The molecule has 0 saturated carbocycles. The SMILES string of the molecule is CCCc1cc(NN)c2ccc(C)c(Br)c2n1. The van der Waals surface area contributed by atoms with Gasteiger partial charge in [-0.2, -0.15) is 0 Å². The van der Waals surface area contributed by atoms with E-state index in [0.29, 0.717) is 0 Å². The molecule has 2 aromatic rings. The maximum atomic E-state index is 5.58. The summed E-state index contributed by atoms with van der Waals surface area (Å²) in [6, 6.07) is 6.13. The second kappa shape index (κ2) is 5.02. The zero-order valence-corrected chi connectivity index (χ0v) is 11.6. The van der Waals surface area contributed by atoms with Crippen LogP contribution in [0.2, 0.25) is 0 Å². The Morgan fingerprint density at radius 1 is 1.41 bits per heavy atom. The number of aromatic nitrogens is 1. The zero-order valence-electron chi connectivity index (χ0n) is 10.0. The lowest BCUT2D eigenvalue weighted by Gasteiger charge is -2.11. The third-order valence-electron chi connectivity index (χ3n) is 2.83. The first kappa shape index (κ1) is 12.3. The van der Waals surface area contributed by atoms with Crippen molar-refractivity contribution in [2.24, 2.45) is 5.84 Å². The highest BCUT2D eigenvalue weighted by atomic mass is 79.9. The van der Waals surface area contributed by atoms with E-state index in [0.717, 1.165) is 39.6 Å². The summed E-state index contributed by atoms with van der Waals surface area (Å²) in [5.41, 5.74) is 6.91. The van der Waals surface area contributed by atoms with Gasteiger partial charge in [0.05, 0.1) is 11.2 Å². The molecule has 0 radical (unpaired) electrons. The lowest BCUT2D eigenvalue weighted by Crippen LogP contribution is -2.08. The number of benzene rings is 1. The van der Waals surface area contributed by atoms with Crippen LogP contribution in [0.15, 0.2) is 22.7 Å². The first-order valence-electron chi connectivity index (χ1n) is 5.72.